The van der Waals surface area contributed by atoms with E-state index in [0.717, 1.165) is 44.3 Å². The quantitative estimate of drug-likeness (QED) is 0.761. The Morgan fingerprint density at radius 2 is 1.77 bits per heavy atom. The molecule has 0 unspecified atom stereocenters. The van der Waals surface area contributed by atoms with Crippen LogP contribution in [0.1, 0.15) is 0 Å². The first-order chi connectivity index (χ1) is 12.8. The van der Waals surface area contributed by atoms with E-state index < -0.39 is 0 Å². The highest BCUT2D eigenvalue weighted by Gasteiger charge is 2.10. The lowest BCUT2D eigenvalue weighted by Crippen LogP contribution is -2.42. The number of ether oxygens (including phenoxy) is 2. The SMILES string of the molecule is O=C(CNc1ccccc1Oc1ccccc1)NCCN1CCOCC1. The molecule has 0 atom stereocenters. The fourth-order valence-electron chi connectivity index (χ4n) is 2.73. The van der Waals surface area contributed by atoms with E-state index >= 15 is 0 Å². The molecular formula is C20H25N3O3. The molecule has 1 amide bonds. The van der Waals surface area contributed by atoms with Gasteiger partial charge in [0.25, 0.3) is 0 Å². The zero-order chi connectivity index (χ0) is 18.0. The maximum Gasteiger partial charge on any atom is 0.239 e. The summed E-state index contributed by atoms with van der Waals surface area (Å²) < 4.78 is 11.2. The number of carbonyl (C=O) groups is 1. The third-order valence-electron chi connectivity index (χ3n) is 4.15. The molecule has 26 heavy (non-hydrogen) atoms. The molecule has 0 aromatic heterocycles. The molecule has 3 rings (SSSR count). The second-order valence-corrected chi connectivity index (χ2v) is 6.07. The van der Waals surface area contributed by atoms with Gasteiger partial charge in [-0.3, -0.25) is 9.69 Å². The summed E-state index contributed by atoms with van der Waals surface area (Å²) >= 11 is 0. The van der Waals surface area contributed by atoms with E-state index in [4.69, 9.17) is 9.47 Å². The molecule has 0 aliphatic carbocycles. The smallest absolute Gasteiger partial charge is 0.239 e. The normalized spacial score (nSPS) is 14.6. The van der Waals surface area contributed by atoms with E-state index in [9.17, 15) is 4.79 Å². The number of hydrogen-bond acceptors (Lipinski definition) is 5. The van der Waals surface area contributed by atoms with Crippen LogP contribution in [-0.4, -0.2) is 56.7 Å². The Hall–Kier alpha value is -2.57. The van der Waals surface area contributed by atoms with Crippen molar-refractivity contribution in [3.05, 3.63) is 54.6 Å². The van der Waals surface area contributed by atoms with Gasteiger partial charge in [0.1, 0.15) is 5.75 Å². The Morgan fingerprint density at radius 3 is 2.58 bits per heavy atom. The minimum atomic E-state index is -0.0345. The molecule has 1 fully saturated rings. The van der Waals surface area contributed by atoms with Gasteiger partial charge in [-0.15, -0.1) is 0 Å². The summed E-state index contributed by atoms with van der Waals surface area (Å²) in [5.74, 6) is 1.42. The zero-order valence-electron chi connectivity index (χ0n) is 14.8. The van der Waals surface area contributed by atoms with E-state index in [2.05, 4.69) is 15.5 Å². The number of benzene rings is 2. The Morgan fingerprint density at radius 1 is 1.04 bits per heavy atom. The van der Waals surface area contributed by atoms with Crippen molar-refractivity contribution in [2.45, 2.75) is 0 Å². The summed E-state index contributed by atoms with van der Waals surface area (Å²) in [6.45, 7) is 5.10. The van der Waals surface area contributed by atoms with Crippen LogP contribution in [0.25, 0.3) is 0 Å². The molecule has 6 heteroatoms. The highest BCUT2D eigenvalue weighted by Crippen LogP contribution is 2.28. The van der Waals surface area contributed by atoms with Crippen molar-refractivity contribution in [3.8, 4) is 11.5 Å². The molecule has 1 heterocycles. The van der Waals surface area contributed by atoms with Crippen molar-refractivity contribution >= 4 is 11.6 Å². The largest absolute Gasteiger partial charge is 0.455 e. The minimum Gasteiger partial charge on any atom is -0.455 e. The summed E-state index contributed by atoms with van der Waals surface area (Å²) in [4.78, 5) is 14.4. The molecule has 1 aliphatic heterocycles. The number of rotatable bonds is 8. The number of hydrogen-bond donors (Lipinski definition) is 2. The van der Waals surface area contributed by atoms with E-state index in [-0.39, 0.29) is 12.5 Å². The second-order valence-electron chi connectivity index (χ2n) is 6.07. The predicted molar refractivity (Wildman–Crippen MR) is 102 cm³/mol. The van der Waals surface area contributed by atoms with Crippen molar-refractivity contribution in [1.82, 2.24) is 10.2 Å². The number of amides is 1. The van der Waals surface area contributed by atoms with E-state index in [1.165, 1.54) is 0 Å². The molecule has 2 aromatic rings. The molecule has 0 bridgehead atoms. The van der Waals surface area contributed by atoms with Crippen molar-refractivity contribution in [3.63, 3.8) is 0 Å². The molecule has 2 N–H and O–H groups in total. The third-order valence-corrected chi connectivity index (χ3v) is 4.15. The van der Waals surface area contributed by atoms with Crippen molar-refractivity contribution in [2.24, 2.45) is 0 Å². The van der Waals surface area contributed by atoms with Gasteiger partial charge >= 0.3 is 0 Å². The van der Waals surface area contributed by atoms with Crippen LogP contribution in [0.5, 0.6) is 11.5 Å². The van der Waals surface area contributed by atoms with Crippen LogP contribution in [0, 0.1) is 0 Å². The summed E-state index contributed by atoms with van der Waals surface area (Å²) in [6, 6.07) is 17.2. The molecular weight excluding hydrogens is 330 g/mol. The van der Waals surface area contributed by atoms with Gasteiger partial charge < -0.3 is 20.1 Å². The standard InChI is InChI=1S/C20H25N3O3/c24-20(21-10-11-23-12-14-25-15-13-23)16-22-18-8-4-5-9-19(18)26-17-6-2-1-3-7-17/h1-9,22H,10-16H2,(H,21,24). The van der Waals surface area contributed by atoms with Gasteiger partial charge in [0.2, 0.25) is 5.91 Å². The van der Waals surface area contributed by atoms with Crippen LogP contribution >= 0.6 is 0 Å². The Bertz CT molecular complexity index is 688. The Kier molecular flexibility index (Phi) is 6.87. The van der Waals surface area contributed by atoms with Gasteiger partial charge in [0.05, 0.1) is 25.4 Å². The van der Waals surface area contributed by atoms with Gasteiger partial charge in [-0.25, -0.2) is 0 Å². The lowest BCUT2D eigenvalue weighted by atomic mass is 10.3. The van der Waals surface area contributed by atoms with Crippen LogP contribution in [0.2, 0.25) is 0 Å². The minimum absolute atomic E-state index is 0.0345. The van der Waals surface area contributed by atoms with Crippen molar-refractivity contribution in [1.29, 1.82) is 0 Å². The maximum atomic E-state index is 12.1. The van der Waals surface area contributed by atoms with E-state index in [1.807, 2.05) is 54.6 Å². The molecule has 0 radical (unpaired) electrons. The van der Waals surface area contributed by atoms with Crippen LogP contribution < -0.4 is 15.4 Å². The first kappa shape index (κ1) is 18.2. The molecule has 6 nitrogen and oxygen atoms in total. The third kappa shape index (κ3) is 5.75. The summed E-state index contributed by atoms with van der Waals surface area (Å²) in [5.41, 5.74) is 0.791. The lowest BCUT2D eigenvalue weighted by molar-refractivity contribution is -0.119. The average Bonchev–Trinajstić information content (AvgIpc) is 2.69. The van der Waals surface area contributed by atoms with Gasteiger partial charge in [0.15, 0.2) is 5.75 Å². The van der Waals surface area contributed by atoms with Crippen LogP contribution in [-0.2, 0) is 9.53 Å². The fraction of sp³-hybridized carbons (Fsp3) is 0.350. The van der Waals surface area contributed by atoms with E-state index in [0.29, 0.717) is 12.3 Å². The van der Waals surface area contributed by atoms with Gasteiger partial charge in [-0.05, 0) is 24.3 Å². The molecule has 2 aromatic carbocycles. The predicted octanol–water partition coefficient (Wildman–Crippen LogP) is 2.34. The molecule has 1 saturated heterocycles. The molecule has 138 valence electrons. The van der Waals surface area contributed by atoms with Crippen LogP contribution in [0.3, 0.4) is 0 Å². The maximum absolute atomic E-state index is 12.1. The Balaban J connectivity index is 1.44. The molecule has 0 spiro atoms. The Labute approximate surface area is 154 Å². The summed E-state index contributed by atoms with van der Waals surface area (Å²) in [5, 5.41) is 6.10. The van der Waals surface area contributed by atoms with Crippen LogP contribution in [0.15, 0.2) is 54.6 Å². The number of morpholine rings is 1. The summed E-state index contributed by atoms with van der Waals surface area (Å²) in [6.07, 6.45) is 0. The second kappa shape index (κ2) is 9.79. The van der Waals surface area contributed by atoms with Crippen molar-refractivity contribution in [2.75, 3.05) is 51.3 Å². The van der Waals surface area contributed by atoms with Gasteiger partial charge in [-0.1, -0.05) is 30.3 Å². The average molecular weight is 355 g/mol. The van der Waals surface area contributed by atoms with Crippen LogP contribution in [0.4, 0.5) is 5.69 Å². The first-order valence-corrected chi connectivity index (χ1v) is 8.94. The van der Waals surface area contributed by atoms with Gasteiger partial charge in [0, 0.05) is 26.2 Å². The van der Waals surface area contributed by atoms with Crippen molar-refractivity contribution < 1.29 is 14.3 Å². The fourth-order valence-corrected chi connectivity index (χ4v) is 2.73. The zero-order valence-corrected chi connectivity index (χ0v) is 14.8. The topological polar surface area (TPSA) is 62.8 Å². The highest BCUT2D eigenvalue weighted by atomic mass is 16.5. The highest BCUT2D eigenvalue weighted by molar-refractivity contribution is 5.81. The molecule has 0 saturated carbocycles. The van der Waals surface area contributed by atoms with E-state index in [1.54, 1.807) is 0 Å². The first-order valence-electron chi connectivity index (χ1n) is 8.94. The number of nitrogens with zero attached hydrogens (tertiary/aromatic N) is 1. The number of para-hydroxylation sites is 3. The number of anilines is 1. The summed E-state index contributed by atoms with van der Waals surface area (Å²) in [7, 11) is 0. The van der Waals surface area contributed by atoms with Gasteiger partial charge in [-0.2, -0.15) is 0 Å². The number of carbonyl (C=O) groups excluding carboxylic acids is 1. The lowest BCUT2D eigenvalue weighted by Gasteiger charge is -2.26. The molecule has 1 aliphatic rings. The monoisotopic (exact) mass is 355 g/mol. The number of nitrogens with one attached hydrogen (secondary N) is 2.